The standard InChI is InChI=1S/C17H15N3O5/c1-2-25-13(22)7-9-5-3-4-6-11(9)20-12(21)8-10-14(15(20)18)17(24)19-16(10)23/h3-6,8H,2,7,18H2,1H3,(H,19,23,24). The molecule has 0 spiro atoms. The maximum atomic E-state index is 12.5. The quantitative estimate of drug-likeness (QED) is 0.614. The molecule has 2 aromatic rings. The van der Waals surface area contributed by atoms with E-state index < -0.39 is 23.3 Å². The van der Waals surface area contributed by atoms with Crippen LogP contribution in [0.3, 0.4) is 0 Å². The zero-order valence-corrected chi connectivity index (χ0v) is 13.4. The zero-order chi connectivity index (χ0) is 18.1. The molecule has 128 valence electrons. The van der Waals surface area contributed by atoms with Gasteiger partial charge < -0.3 is 10.5 Å². The number of fused-ring (bicyclic) bond motifs is 1. The fourth-order valence-corrected chi connectivity index (χ4v) is 2.77. The van der Waals surface area contributed by atoms with Crippen LogP contribution < -0.4 is 16.6 Å². The van der Waals surface area contributed by atoms with E-state index in [4.69, 9.17) is 10.5 Å². The Bertz CT molecular complexity index is 961. The highest BCUT2D eigenvalue weighted by atomic mass is 16.5. The van der Waals surface area contributed by atoms with Crippen molar-refractivity contribution < 1.29 is 19.1 Å². The first kappa shape index (κ1) is 16.4. The molecule has 1 aliphatic rings. The molecule has 1 aromatic carbocycles. The van der Waals surface area contributed by atoms with Crippen molar-refractivity contribution in [2.24, 2.45) is 0 Å². The molecule has 0 aliphatic carbocycles. The average molecular weight is 341 g/mol. The number of imide groups is 1. The number of nitrogens with one attached hydrogen (secondary N) is 1. The van der Waals surface area contributed by atoms with E-state index in [1.54, 1.807) is 31.2 Å². The third-order valence-corrected chi connectivity index (χ3v) is 3.83. The molecule has 3 rings (SSSR count). The summed E-state index contributed by atoms with van der Waals surface area (Å²) in [6.07, 6.45) is -0.0574. The number of esters is 1. The molecular formula is C17H15N3O5. The summed E-state index contributed by atoms with van der Waals surface area (Å²) in [4.78, 5) is 47.9. The van der Waals surface area contributed by atoms with Crippen molar-refractivity contribution in [3.63, 3.8) is 0 Å². The van der Waals surface area contributed by atoms with Crippen LogP contribution in [0.4, 0.5) is 5.82 Å². The van der Waals surface area contributed by atoms with Crippen LogP contribution in [0, 0.1) is 0 Å². The molecule has 2 amide bonds. The number of anilines is 1. The minimum atomic E-state index is -0.658. The summed E-state index contributed by atoms with van der Waals surface area (Å²) in [7, 11) is 0. The number of nitrogens with zero attached hydrogens (tertiary/aromatic N) is 1. The molecule has 0 unspecified atom stereocenters. The Morgan fingerprint density at radius 1 is 1.20 bits per heavy atom. The van der Waals surface area contributed by atoms with Gasteiger partial charge in [0, 0.05) is 6.07 Å². The van der Waals surface area contributed by atoms with Crippen molar-refractivity contribution >= 4 is 23.6 Å². The van der Waals surface area contributed by atoms with Crippen LogP contribution in [-0.2, 0) is 16.0 Å². The molecule has 1 aromatic heterocycles. The monoisotopic (exact) mass is 341 g/mol. The Morgan fingerprint density at radius 2 is 1.92 bits per heavy atom. The maximum Gasteiger partial charge on any atom is 0.310 e. The van der Waals surface area contributed by atoms with E-state index in [9.17, 15) is 19.2 Å². The number of hydrogen-bond donors (Lipinski definition) is 2. The summed E-state index contributed by atoms with van der Waals surface area (Å²) in [6.45, 7) is 1.94. The van der Waals surface area contributed by atoms with Crippen molar-refractivity contribution in [3.8, 4) is 5.69 Å². The largest absolute Gasteiger partial charge is 0.466 e. The van der Waals surface area contributed by atoms with E-state index in [2.05, 4.69) is 5.32 Å². The van der Waals surface area contributed by atoms with Gasteiger partial charge in [-0.3, -0.25) is 29.1 Å². The highest BCUT2D eigenvalue weighted by Crippen LogP contribution is 2.24. The fourth-order valence-electron chi connectivity index (χ4n) is 2.77. The first-order valence-electron chi connectivity index (χ1n) is 7.59. The topological polar surface area (TPSA) is 120 Å². The van der Waals surface area contributed by atoms with Crippen molar-refractivity contribution in [2.75, 3.05) is 12.3 Å². The summed E-state index contributed by atoms with van der Waals surface area (Å²) < 4.78 is 6.05. The lowest BCUT2D eigenvalue weighted by molar-refractivity contribution is -0.142. The molecule has 0 bridgehead atoms. The van der Waals surface area contributed by atoms with E-state index in [0.717, 1.165) is 10.6 Å². The molecule has 0 atom stereocenters. The minimum Gasteiger partial charge on any atom is -0.466 e. The predicted molar refractivity (Wildman–Crippen MR) is 88.6 cm³/mol. The zero-order valence-electron chi connectivity index (χ0n) is 13.4. The fraction of sp³-hybridized carbons (Fsp3) is 0.176. The number of carbonyl (C=O) groups is 3. The van der Waals surface area contributed by atoms with Gasteiger partial charge in [0.1, 0.15) is 5.82 Å². The molecule has 25 heavy (non-hydrogen) atoms. The number of hydrogen-bond acceptors (Lipinski definition) is 6. The van der Waals surface area contributed by atoms with Gasteiger partial charge in [-0.25, -0.2) is 0 Å². The van der Waals surface area contributed by atoms with Gasteiger partial charge in [0.2, 0.25) is 0 Å². The molecule has 0 fully saturated rings. The number of carbonyl (C=O) groups excluding carboxylic acids is 3. The highest BCUT2D eigenvalue weighted by Gasteiger charge is 2.32. The molecule has 0 saturated heterocycles. The van der Waals surface area contributed by atoms with E-state index in [1.165, 1.54) is 0 Å². The molecule has 8 heteroatoms. The number of para-hydroxylation sites is 1. The van der Waals surface area contributed by atoms with Gasteiger partial charge in [-0.1, -0.05) is 18.2 Å². The Hall–Kier alpha value is -3.42. The van der Waals surface area contributed by atoms with Crippen molar-refractivity contribution in [3.05, 3.63) is 57.4 Å². The lowest BCUT2D eigenvalue weighted by Gasteiger charge is -2.15. The average Bonchev–Trinajstić information content (AvgIpc) is 2.83. The number of benzene rings is 1. The molecule has 3 N–H and O–H groups in total. The summed E-state index contributed by atoms with van der Waals surface area (Å²) >= 11 is 0. The number of aromatic nitrogens is 1. The van der Waals surface area contributed by atoms with Crippen LogP contribution in [0.5, 0.6) is 0 Å². The molecule has 2 heterocycles. The highest BCUT2D eigenvalue weighted by molar-refractivity contribution is 6.23. The second-order valence-corrected chi connectivity index (χ2v) is 5.39. The molecular weight excluding hydrogens is 326 g/mol. The first-order valence-corrected chi connectivity index (χ1v) is 7.59. The Kier molecular flexibility index (Phi) is 4.10. The Morgan fingerprint density at radius 3 is 2.64 bits per heavy atom. The number of pyridine rings is 1. The first-order chi connectivity index (χ1) is 11.9. The van der Waals surface area contributed by atoms with Crippen molar-refractivity contribution in [1.82, 2.24) is 9.88 Å². The Labute approximate surface area is 142 Å². The van der Waals surface area contributed by atoms with Crippen LogP contribution >= 0.6 is 0 Å². The van der Waals surface area contributed by atoms with Gasteiger partial charge in [0.15, 0.2) is 0 Å². The third kappa shape index (κ3) is 2.78. The lowest BCUT2D eigenvalue weighted by Crippen LogP contribution is -2.25. The van der Waals surface area contributed by atoms with Crippen LogP contribution in [-0.4, -0.2) is 29.0 Å². The number of rotatable bonds is 4. The molecule has 1 aliphatic heterocycles. The summed E-state index contributed by atoms with van der Waals surface area (Å²) in [5, 5.41) is 2.11. The van der Waals surface area contributed by atoms with Crippen LogP contribution in [0.2, 0.25) is 0 Å². The van der Waals surface area contributed by atoms with Crippen LogP contribution in [0.25, 0.3) is 5.69 Å². The third-order valence-electron chi connectivity index (χ3n) is 3.83. The molecule has 8 nitrogen and oxygen atoms in total. The predicted octanol–water partition coefficient (Wildman–Crippen LogP) is 0.409. The number of amides is 2. The van der Waals surface area contributed by atoms with Crippen molar-refractivity contribution in [1.29, 1.82) is 0 Å². The van der Waals surface area contributed by atoms with Gasteiger partial charge in [-0.2, -0.15) is 0 Å². The van der Waals surface area contributed by atoms with E-state index in [-0.39, 0.29) is 30.0 Å². The second kappa shape index (κ2) is 6.23. The van der Waals surface area contributed by atoms with Gasteiger partial charge in [-0.05, 0) is 18.6 Å². The molecule has 0 saturated carbocycles. The number of nitrogen functional groups attached to an aromatic ring is 1. The lowest BCUT2D eigenvalue weighted by atomic mass is 10.1. The van der Waals surface area contributed by atoms with Gasteiger partial charge in [0.05, 0.1) is 29.8 Å². The second-order valence-electron chi connectivity index (χ2n) is 5.39. The number of nitrogens with two attached hydrogens (primary N) is 1. The summed E-state index contributed by atoms with van der Waals surface area (Å²) in [5.41, 5.74) is 6.21. The van der Waals surface area contributed by atoms with Gasteiger partial charge in [-0.15, -0.1) is 0 Å². The SMILES string of the molecule is CCOC(=O)Cc1ccccc1-n1c(N)c2c(cc1=O)C(=O)NC2=O. The van der Waals surface area contributed by atoms with Crippen LogP contribution in [0.15, 0.2) is 35.1 Å². The smallest absolute Gasteiger partial charge is 0.310 e. The molecule has 0 radical (unpaired) electrons. The van der Waals surface area contributed by atoms with E-state index in [0.29, 0.717) is 11.3 Å². The minimum absolute atomic E-state index is 0.0458. The summed E-state index contributed by atoms with van der Waals surface area (Å²) in [6, 6.07) is 7.72. The van der Waals surface area contributed by atoms with Crippen LogP contribution in [0.1, 0.15) is 33.2 Å². The maximum absolute atomic E-state index is 12.5. The van der Waals surface area contributed by atoms with E-state index >= 15 is 0 Å². The normalized spacial score (nSPS) is 12.7. The van der Waals surface area contributed by atoms with E-state index in [1.807, 2.05) is 0 Å². The van der Waals surface area contributed by atoms with Gasteiger partial charge >= 0.3 is 5.97 Å². The number of ether oxygens (including phenoxy) is 1. The summed E-state index contributed by atoms with van der Waals surface area (Å²) in [5.74, 6) is -1.91. The van der Waals surface area contributed by atoms with Gasteiger partial charge in [0.25, 0.3) is 17.4 Å². The Balaban J connectivity index is 2.18. The van der Waals surface area contributed by atoms with Crippen molar-refractivity contribution in [2.45, 2.75) is 13.3 Å².